The smallest absolute Gasteiger partial charge is 0.229 e. The average molecular weight is 370 g/mol. The Balaban J connectivity index is 1.64. The number of thiazole rings is 1. The quantitative estimate of drug-likeness (QED) is 0.851. The molecule has 0 bridgehead atoms. The Hall–Kier alpha value is -1.14. The van der Waals surface area contributed by atoms with Crippen LogP contribution in [-0.2, 0) is 11.2 Å². The minimum absolute atomic E-state index is 0.000255. The highest BCUT2D eigenvalue weighted by molar-refractivity contribution is 7.15. The van der Waals surface area contributed by atoms with Gasteiger partial charge in [-0.1, -0.05) is 35.3 Å². The van der Waals surface area contributed by atoms with Gasteiger partial charge in [0, 0.05) is 29.5 Å². The highest BCUT2D eigenvalue weighted by Crippen LogP contribution is 2.30. The Labute approximate surface area is 149 Å². The summed E-state index contributed by atoms with van der Waals surface area (Å²) < 4.78 is 0. The number of hydrogen-bond acceptors (Lipinski definition) is 4. The molecule has 3 rings (SSSR count). The molecule has 1 fully saturated rings. The van der Waals surface area contributed by atoms with Gasteiger partial charge in [-0.3, -0.25) is 4.79 Å². The molecular formula is C16H17Cl2N3OS. The molecule has 1 aromatic carbocycles. The van der Waals surface area contributed by atoms with Crippen LogP contribution in [0.2, 0.25) is 10.0 Å². The normalized spacial score (nSPS) is 20.7. The number of hydrogen-bond donors (Lipinski definition) is 2. The summed E-state index contributed by atoms with van der Waals surface area (Å²) in [7, 11) is 0. The van der Waals surface area contributed by atoms with E-state index >= 15 is 0 Å². The van der Waals surface area contributed by atoms with Crippen LogP contribution in [0, 0.1) is 5.92 Å². The first-order valence-electron chi connectivity index (χ1n) is 7.47. The van der Waals surface area contributed by atoms with E-state index in [2.05, 4.69) is 10.3 Å². The number of aromatic nitrogens is 1. The zero-order chi connectivity index (χ0) is 16.4. The van der Waals surface area contributed by atoms with Gasteiger partial charge in [-0.05, 0) is 30.9 Å². The molecule has 4 nitrogen and oxygen atoms in total. The molecule has 3 N–H and O–H groups in total. The third-order valence-electron chi connectivity index (χ3n) is 4.02. The standard InChI is InChI=1S/C16H17Cl2N3OS/c17-13-3-1-2-9(14(13)18)7-12-8-20-16(23-12)21-15(22)10-4-5-11(19)6-10/h1-3,8,10-11H,4-7,19H2,(H,20,21,22). The van der Waals surface area contributed by atoms with Gasteiger partial charge in [0.1, 0.15) is 0 Å². The van der Waals surface area contributed by atoms with E-state index in [4.69, 9.17) is 28.9 Å². The van der Waals surface area contributed by atoms with E-state index in [9.17, 15) is 4.79 Å². The summed E-state index contributed by atoms with van der Waals surface area (Å²) in [5, 5.41) is 4.61. The van der Waals surface area contributed by atoms with Crippen molar-refractivity contribution in [2.75, 3.05) is 5.32 Å². The second-order valence-electron chi connectivity index (χ2n) is 5.78. The molecule has 0 spiro atoms. The maximum atomic E-state index is 12.2. The van der Waals surface area contributed by atoms with E-state index in [1.807, 2.05) is 12.1 Å². The third kappa shape index (κ3) is 4.04. The fraction of sp³-hybridized carbons (Fsp3) is 0.375. The van der Waals surface area contributed by atoms with Crippen molar-refractivity contribution in [1.82, 2.24) is 4.98 Å². The van der Waals surface area contributed by atoms with Gasteiger partial charge in [-0.15, -0.1) is 11.3 Å². The third-order valence-corrected chi connectivity index (χ3v) is 5.79. The van der Waals surface area contributed by atoms with Crippen molar-refractivity contribution in [2.24, 2.45) is 11.7 Å². The van der Waals surface area contributed by atoms with Gasteiger partial charge < -0.3 is 11.1 Å². The zero-order valence-corrected chi connectivity index (χ0v) is 14.7. The van der Waals surface area contributed by atoms with Crippen molar-refractivity contribution in [3.8, 4) is 0 Å². The van der Waals surface area contributed by atoms with Gasteiger partial charge >= 0.3 is 0 Å². The number of benzene rings is 1. The number of rotatable bonds is 4. The van der Waals surface area contributed by atoms with E-state index in [0.717, 1.165) is 29.7 Å². The molecule has 23 heavy (non-hydrogen) atoms. The summed E-state index contributed by atoms with van der Waals surface area (Å²) >= 11 is 13.7. The molecule has 1 heterocycles. The average Bonchev–Trinajstić information content (AvgIpc) is 3.13. The number of nitrogens with one attached hydrogen (secondary N) is 1. The maximum absolute atomic E-state index is 12.2. The van der Waals surface area contributed by atoms with Gasteiger partial charge in [-0.25, -0.2) is 4.98 Å². The van der Waals surface area contributed by atoms with E-state index in [1.54, 1.807) is 12.3 Å². The van der Waals surface area contributed by atoms with Crippen molar-refractivity contribution in [1.29, 1.82) is 0 Å². The minimum atomic E-state index is -0.000255. The van der Waals surface area contributed by atoms with E-state index in [-0.39, 0.29) is 17.9 Å². The second-order valence-corrected chi connectivity index (χ2v) is 7.68. The first kappa shape index (κ1) is 16.7. The number of carbonyl (C=O) groups excluding carboxylic acids is 1. The summed E-state index contributed by atoms with van der Waals surface area (Å²) in [6, 6.07) is 5.71. The van der Waals surface area contributed by atoms with Crippen LogP contribution in [-0.4, -0.2) is 16.9 Å². The molecular weight excluding hydrogens is 353 g/mol. The second kappa shape index (κ2) is 7.18. The molecule has 2 atom stereocenters. The fourth-order valence-corrected chi connectivity index (χ4v) is 4.01. The van der Waals surface area contributed by atoms with Crippen LogP contribution in [0.4, 0.5) is 5.13 Å². The van der Waals surface area contributed by atoms with E-state index < -0.39 is 0 Å². The zero-order valence-electron chi connectivity index (χ0n) is 12.4. The predicted molar refractivity (Wildman–Crippen MR) is 95.3 cm³/mol. The van der Waals surface area contributed by atoms with Gasteiger partial charge in [0.2, 0.25) is 5.91 Å². The predicted octanol–water partition coefficient (Wildman–Crippen LogP) is 4.11. The Morgan fingerprint density at radius 2 is 2.22 bits per heavy atom. The number of halogens is 2. The number of anilines is 1. The Kier molecular flexibility index (Phi) is 5.21. The van der Waals surface area contributed by atoms with Crippen LogP contribution in [0.3, 0.4) is 0 Å². The van der Waals surface area contributed by atoms with Crippen molar-refractivity contribution < 1.29 is 4.79 Å². The van der Waals surface area contributed by atoms with Gasteiger partial charge in [0.15, 0.2) is 5.13 Å². The summed E-state index contributed by atoms with van der Waals surface area (Å²) in [6.45, 7) is 0. The molecule has 1 amide bonds. The first-order chi connectivity index (χ1) is 11.0. The number of amides is 1. The van der Waals surface area contributed by atoms with Gasteiger partial charge in [-0.2, -0.15) is 0 Å². The Morgan fingerprint density at radius 3 is 2.96 bits per heavy atom. The first-order valence-corrected chi connectivity index (χ1v) is 9.04. The molecule has 1 aromatic heterocycles. The lowest BCUT2D eigenvalue weighted by Gasteiger charge is -2.08. The maximum Gasteiger partial charge on any atom is 0.229 e. The highest BCUT2D eigenvalue weighted by atomic mass is 35.5. The molecule has 1 saturated carbocycles. The molecule has 122 valence electrons. The molecule has 0 radical (unpaired) electrons. The number of nitrogens with two attached hydrogens (primary N) is 1. The Morgan fingerprint density at radius 1 is 1.39 bits per heavy atom. The van der Waals surface area contributed by atoms with Crippen LogP contribution in [0.15, 0.2) is 24.4 Å². The van der Waals surface area contributed by atoms with Crippen molar-refractivity contribution in [3.63, 3.8) is 0 Å². The SMILES string of the molecule is NC1CCC(C(=O)Nc2ncc(Cc3cccc(Cl)c3Cl)s2)C1. The number of carbonyl (C=O) groups is 1. The molecule has 1 aliphatic carbocycles. The highest BCUT2D eigenvalue weighted by Gasteiger charge is 2.28. The van der Waals surface area contributed by atoms with Crippen LogP contribution in [0.1, 0.15) is 29.7 Å². The summed E-state index contributed by atoms with van der Waals surface area (Å²) in [4.78, 5) is 17.5. The summed E-state index contributed by atoms with van der Waals surface area (Å²) in [5.41, 5.74) is 6.80. The minimum Gasteiger partial charge on any atom is -0.328 e. The van der Waals surface area contributed by atoms with Crippen molar-refractivity contribution in [2.45, 2.75) is 31.7 Å². The monoisotopic (exact) mass is 369 g/mol. The topological polar surface area (TPSA) is 68.0 Å². The van der Waals surface area contributed by atoms with Gasteiger partial charge in [0.25, 0.3) is 0 Å². The molecule has 0 aliphatic heterocycles. The van der Waals surface area contributed by atoms with Crippen molar-refractivity contribution in [3.05, 3.63) is 44.9 Å². The van der Waals surface area contributed by atoms with E-state index in [1.165, 1.54) is 11.3 Å². The van der Waals surface area contributed by atoms with Gasteiger partial charge in [0.05, 0.1) is 10.0 Å². The number of nitrogens with zero attached hydrogens (tertiary/aromatic N) is 1. The van der Waals surface area contributed by atoms with E-state index in [0.29, 0.717) is 21.6 Å². The van der Waals surface area contributed by atoms with Crippen LogP contribution in [0.5, 0.6) is 0 Å². The molecule has 0 saturated heterocycles. The van der Waals surface area contributed by atoms with Crippen LogP contribution < -0.4 is 11.1 Å². The molecule has 2 unspecified atom stereocenters. The lowest BCUT2D eigenvalue weighted by atomic mass is 10.1. The van der Waals surface area contributed by atoms with Crippen LogP contribution in [0.25, 0.3) is 0 Å². The molecule has 1 aliphatic rings. The largest absolute Gasteiger partial charge is 0.328 e. The van der Waals surface area contributed by atoms with Crippen LogP contribution >= 0.6 is 34.5 Å². The summed E-state index contributed by atoms with van der Waals surface area (Å²) in [5.74, 6) is 0.0133. The van der Waals surface area contributed by atoms with Crippen molar-refractivity contribution >= 4 is 45.6 Å². The fourth-order valence-electron chi connectivity index (χ4n) is 2.78. The summed E-state index contributed by atoms with van der Waals surface area (Å²) in [6.07, 6.45) is 4.92. The lowest BCUT2D eigenvalue weighted by Crippen LogP contribution is -2.23. The molecule has 7 heteroatoms. The Bertz CT molecular complexity index is 719. The molecule has 2 aromatic rings. The lowest BCUT2D eigenvalue weighted by molar-refractivity contribution is -0.119.